The predicted octanol–water partition coefficient (Wildman–Crippen LogP) is 7.65. The van der Waals surface area contributed by atoms with Gasteiger partial charge in [-0.05, 0) is 116 Å². The third-order valence-corrected chi connectivity index (χ3v) is 12.8. The minimum absolute atomic E-state index is 0.0732. The highest BCUT2D eigenvalue weighted by atomic mass is 16.4. The molecule has 0 spiro atoms. The van der Waals surface area contributed by atoms with E-state index < -0.39 is 11.4 Å². The number of hydrogen-bond acceptors (Lipinski definition) is 2. The van der Waals surface area contributed by atoms with E-state index in [1.165, 1.54) is 5.57 Å². The highest BCUT2D eigenvalue weighted by Crippen LogP contribution is 2.73. The molecule has 0 saturated heterocycles. The summed E-state index contributed by atoms with van der Waals surface area (Å²) in [6.45, 7) is 22.7. The van der Waals surface area contributed by atoms with Gasteiger partial charge in [-0.15, -0.1) is 6.58 Å². The first-order valence-electron chi connectivity index (χ1n) is 13.9. The quantitative estimate of drug-likeness (QED) is 0.406. The highest BCUT2D eigenvalue weighted by Gasteiger charge is 2.67. The van der Waals surface area contributed by atoms with Crippen LogP contribution in [0.4, 0.5) is 0 Å². The summed E-state index contributed by atoms with van der Waals surface area (Å²) < 4.78 is 0. The fourth-order valence-corrected chi connectivity index (χ4v) is 10.4. The summed E-state index contributed by atoms with van der Waals surface area (Å²) in [6.07, 6.45) is 11.7. The van der Waals surface area contributed by atoms with Crippen LogP contribution in [-0.2, 0) is 4.79 Å². The van der Waals surface area contributed by atoms with Crippen LogP contribution in [-0.4, -0.2) is 22.3 Å². The molecule has 192 valence electrons. The second-order valence-corrected chi connectivity index (χ2v) is 14.3. The molecule has 0 amide bonds. The van der Waals surface area contributed by atoms with E-state index in [0.717, 1.165) is 64.2 Å². The average Bonchev–Trinajstić information content (AvgIpc) is 3.14. The van der Waals surface area contributed by atoms with E-state index in [2.05, 4.69) is 60.8 Å². The molecular weight excluding hydrogens is 420 g/mol. The van der Waals surface area contributed by atoms with Crippen LogP contribution in [0.15, 0.2) is 24.8 Å². The van der Waals surface area contributed by atoms with Gasteiger partial charge in [-0.2, -0.15) is 0 Å². The Balaban J connectivity index is 1.75. The van der Waals surface area contributed by atoms with Crippen molar-refractivity contribution in [2.45, 2.75) is 112 Å². The molecule has 4 rings (SSSR count). The topological polar surface area (TPSA) is 57.5 Å². The summed E-state index contributed by atoms with van der Waals surface area (Å²) in [5.74, 6) is 0.942. The van der Waals surface area contributed by atoms with Crippen molar-refractivity contribution in [3.8, 4) is 0 Å². The first kappa shape index (κ1) is 26.0. The molecule has 0 bridgehead atoms. The van der Waals surface area contributed by atoms with Gasteiger partial charge in [-0.1, -0.05) is 52.8 Å². The van der Waals surface area contributed by atoms with Crippen LogP contribution in [0, 0.1) is 50.7 Å². The summed E-state index contributed by atoms with van der Waals surface area (Å²) in [6, 6.07) is 0. The molecule has 4 fully saturated rings. The van der Waals surface area contributed by atoms with Crippen molar-refractivity contribution in [1.29, 1.82) is 0 Å². The van der Waals surface area contributed by atoms with Crippen molar-refractivity contribution in [2.75, 3.05) is 0 Å². The summed E-state index contributed by atoms with van der Waals surface area (Å²) >= 11 is 0. The number of aliphatic hydroxyl groups is 1. The summed E-state index contributed by atoms with van der Waals surface area (Å²) in [4.78, 5) is 12.6. The Morgan fingerprint density at radius 2 is 1.68 bits per heavy atom. The Morgan fingerprint density at radius 1 is 1.00 bits per heavy atom. The van der Waals surface area contributed by atoms with Crippen LogP contribution in [0.1, 0.15) is 106 Å². The normalized spacial score (nSPS) is 50.1. The molecule has 0 unspecified atom stereocenters. The lowest BCUT2D eigenvalue weighted by molar-refractivity contribution is -0.209. The molecule has 4 aliphatic rings. The number of carboxylic acids is 1. The van der Waals surface area contributed by atoms with Crippen molar-refractivity contribution >= 4 is 5.97 Å². The molecule has 3 nitrogen and oxygen atoms in total. The van der Waals surface area contributed by atoms with Crippen molar-refractivity contribution < 1.29 is 15.0 Å². The smallest absolute Gasteiger partial charge is 0.309 e. The lowest BCUT2D eigenvalue weighted by atomic mass is 9.36. The third kappa shape index (κ3) is 3.35. The van der Waals surface area contributed by atoms with Gasteiger partial charge in [0.2, 0.25) is 0 Å². The van der Waals surface area contributed by atoms with E-state index >= 15 is 0 Å². The van der Waals surface area contributed by atoms with Crippen molar-refractivity contribution in [3.63, 3.8) is 0 Å². The minimum Gasteiger partial charge on any atom is -0.481 e. The maximum atomic E-state index is 12.6. The first-order chi connectivity index (χ1) is 15.7. The molecule has 4 aliphatic carbocycles. The van der Waals surface area contributed by atoms with Crippen LogP contribution < -0.4 is 0 Å². The second-order valence-electron chi connectivity index (χ2n) is 14.3. The number of fused-ring (bicyclic) bond motifs is 2. The fourth-order valence-electron chi connectivity index (χ4n) is 10.4. The van der Waals surface area contributed by atoms with Crippen molar-refractivity contribution in [1.82, 2.24) is 0 Å². The standard InChI is InChI=1S/C31H50O3/c1-9-10-24-29(7)14-13-25(32)27(4,5)23(29)12-15-30(24,8)28(6)17-18-31(26(33)34)16-11-21(20(2)3)22(31)19-28/h9,21-25,32H,1-2,10-19H2,3-8H3,(H,33,34)/t21-,22-,23-,24+,25-,28+,29-,30+,31-/m0/s1. The fraction of sp³-hybridized carbons (Fsp3) is 0.839. The molecule has 0 radical (unpaired) electrons. The Bertz CT molecular complexity index is 859. The van der Waals surface area contributed by atoms with Crippen LogP contribution in [0.2, 0.25) is 0 Å². The SMILES string of the molecule is C=CC[C@@H]1[C@@]2(C)CC[C@H](O)C(C)(C)[C@@H]2CC[C@@]1(C)[C@]1(C)CC[C@@]2(C(=O)O)CC[C@@H](C(=C)C)[C@@H]2C1. The zero-order chi connectivity index (χ0) is 25.3. The maximum absolute atomic E-state index is 12.6. The third-order valence-electron chi connectivity index (χ3n) is 12.8. The van der Waals surface area contributed by atoms with Gasteiger partial charge in [-0.25, -0.2) is 0 Å². The molecule has 0 heterocycles. The summed E-state index contributed by atoms with van der Waals surface area (Å²) in [7, 11) is 0. The molecule has 3 heteroatoms. The Labute approximate surface area is 208 Å². The maximum Gasteiger partial charge on any atom is 0.309 e. The molecule has 4 saturated carbocycles. The zero-order valence-corrected chi connectivity index (χ0v) is 22.8. The Hall–Kier alpha value is -1.09. The summed E-state index contributed by atoms with van der Waals surface area (Å²) in [5.41, 5.74) is 0.914. The second kappa shape index (κ2) is 8.22. The predicted molar refractivity (Wildman–Crippen MR) is 139 cm³/mol. The first-order valence-corrected chi connectivity index (χ1v) is 13.9. The molecular formula is C31H50O3. The lowest BCUT2D eigenvalue weighted by Gasteiger charge is -2.68. The van der Waals surface area contributed by atoms with E-state index in [-0.39, 0.29) is 33.7 Å². The Morgan fingerprint density at radius 3 is 2.26 bits per heavy atom. The molecule has 0 aromatic heterocycles. The van der Waals surface area contributed by atoms with Gasteiger partial charge in [0.05, 0.1) is 11.5 Å². The van der Waals surface area contributed by atoms with Crippen molar-refractivity contribution in [3.05, 3.63) is 24.8 Å². The Kier molecular flexibility index (Phi) is 6.28. The zero-order valence-electron chi connectivity index (χ0n) is 22.8. The van der Waals surface area contributed by atoms with Crippen LogP contribution >= 0.6 is 0 Å². The number of carboxylic acid groups (broad SMARTS) is 1. The lowest BCUT2D eigenvalue weighted by Crippen LogP contribution is -2.62. The number of allylic oxidation sites excluding steroid dienone is 2. The number of rotatable bonds is 5. The van der Waals surface area contributed by atoms with Gasteiger partial charge >= 0.3 is 5.97 Å². The van der Waals surface area contributed by atoms with E-state index in [9.17, 15) is 15.0 Å². The molecule has 0 aromatic carbocycles. The van der Waals surface area contributed by atoms with E-state index in [0.29, 0.717) is 17.8 Å². The van der Waals surface area contributed by atoms with Crippen molar-refractivity contribution in [2.24, 2.45) is 50.7 Å². The van der Waals surface area contributed by atoms with Gasteiger partial charge in [0, 0.05) is 0 Å². The summed E-state index contributed by atoms with van der Waals surface area (Å²) in [5, 5.41) is 21.3. The van der Waals surface area contributed by atoms with E-state index in [1.54, 1.807) is 0 Å². The number of carbonyl (C=O) groups is 1. The van der Waals surface area contributed by atoms with Crippen LogP contribution in [0.3, 0.4) is 0 Å². The largest absolute Gasteiger partial charge is 0.481 e. The minimum atomic E-state index is -0.574. The van der Waals surface area contributed by atoms with Gasteiger partial charge in [0.1, 0.15) is 0 Å². The number of aliphatic carboxylic acids is 1. The number of hydrogen-bond donors (Lipinski definition) is 2. The molecule has 2 N–H and O–H groups in total. The van der Waals surface area contributed by atoms with E-state index in [1.807, 2.05) is 0 Å². The molecule has 0 aliphatic heterocycles. The monoisotopic (exact) mass is 470 g/mol. The van der Waals surface area contributed by atoms with Crippen LogP contribution in [0.25, 0.3) is 0 Å². The van der Waals surface area contributed by atoms with E-state index in [4.69, 9.17) is 0 Å². The van der Waals surface area contributed by atoms with Gasteiger partial charge in [0.25, 0.3) is 0 Å². The van der Waals surface area contributed by atoms with Gasteiger partial charge in [-0.3, -0.25) is 4.79 Å². The highest BCUT2D eigenvalue weighted by molar-refractivity contribution is 5.76. The van der Waals surface area contributed by atoms with Gasteiger partial charge in [0.15, 0.2) is 0 Å². The number of aliphatic hydroxyl groups excluding tert-OH is 1. The molecule has 9 atom stereocenters. The molecule has 34 heavy (non-hydrogen) atoms. The van der Waals surface area contributed by atoms with Crippen LogP contribution in [0.5, 0.6) is 0 Å². The molecule has 0 aromatic rings. The van der Waals surface area contributed by atoms with Gasteiger partial charge < -0.3 is 10.2 Å². The average molecular weight is 471 g/mol.